The number of carbonyl (C=O) groups is 3. The summed E-state index contributed by atoms with van der Waals surface area (Å²) in [5, 5.41) is 11.1. The van der Waals surface area contributed by atoms with Crippen molar-refractivity contribution in [1.29, 1.82) is 0 Å². The van der Waals surface area contributed by atoms with Gasteiger partial charge in [-0.1, -0.05) is 6.07 Å². The molecule has 1 aromatic rings. The van der Waals surface area contributed by atoms with Crippen molar-refractivity contribution < 1.29 is 24.0 Å². The Morgan fingerprint density at radius 3 is 2.48 bits per heavy atom. The number of carbonyl (C=O) groups excluding carboxylic acids is 3. The van der Waals surface area contributed by atoms with Gasteiger partial charge in [0.1, 0.15) is 12.1 Å². The Morgan fingerprint density at radius 1 is 1.24 bits per heavy atom. The van der Waals surface area contributed by atoms with E-state index in [-0.39, 0.29) is 29.2 Å². The number of morpholine rings is 1. The van der Waals surface area contributed by atoms with Crippen molar-refractivity contribution in [1.82, 2.24) is 9.80 Å². The number of amides is 3. The first-order valence-corrected chi connectivity index (χ1v) is 7.86. The first kappa shape index (κ1) is 17.0. The lowest BCUT2D eigenvalue weighted by Crippen LogP contribution is -2.51. The van der Waals surface area contributed by atoms with Crippen LogP contribution >= 0.6 is 0 Å². The molecule has 0 aliphatic carbocycles. The van der Waals surface area contributed by atoms with Crippen LogP contribution in [0.25, 0.3) is 0 Å². The summed E-state index contributed by atoms with van der Waals surface area (Å²) in [7, 11) is 0. The maximum absolute atomic E-state index is 12.5. The third-order valence-electron chi connectivity index (χ3n) is 4.24. The second kappa shape index (κ2) is 6.25. The molecule has 2 aliphatic heterocycles. The summed E-state index contributed by atoms with van der Waals surface area (Å²) < 4.78 is 5.56. The number of nitrogens with zero attached hydrogens (tertiary/aromatic N) is 3. The highest BCUT2D eigenvalue weighted by Crippen LogP contribution is 2.30. The van der Waals surface area contributed by atoms with Crippen molar-refractivity contribution in [3.63, 3.8) is 0 Å². The standard InChI is InChI=1S/C16H17N3O6/c1-9-6-17(7-10(2)25-9)13(20)8-18-15(21)11-4-3-5-12(19(23)24)14(11)16(18)22/h3-5,9-10H,6-8H2,1-2H3/t9-,10-/m0/s1. The molecule has 2 atom stereocenters. The Morgan fingerprint density at radius 2 is 1.88 bits per heavy atom. The van der Waals surface area contributed by atoms with E-state index in [1.54, 1.807) is 0 Å². The Bertz CT molecular complexity index is 767. The smallest absolute Gasteiger partial charge is 0.282 e. The Kier molecular flexibility index (Phi) is 4.25. The van der Waals surface area contributed by atoms with E-state index in [4.69, 9.17) is 4.74 Å². The van der Waals surface area contributed by atoms with E-state index in [0.717, 1.165) is 4.90 Å². The van der Waals surface area contributed by atoms with Gasteiger partial charge in [-0.05, 0) is 19.9 Å². The molecule has 3 rings (SSSR count). The lowest BCUT2D eigenvalue weighted by molar-refractivity contribution is -0.385. The molecule has 2 heterocycles. The van der Waals surface area contributed by atoms with Crippen LogP contribution in [-0.4, -0.2) is 64.3 Å². The molecule has 1 fully saturated rings. The van der Waals surface area contributed by atoms with Crippen molar-refractivity contribution in [2.75, 3.05) is 19.6 Å². The third kappa shape index (κ3) is 2.98. The molecule has 0 bridgehead atoms. The maximum Gasteiger partial charge on any atom is 0.282 e. The molecule has 9 heteroatoms. The number of nitro benzene ring substituents is 1. The zero-order valence-electron chi connectivity index (χ0n) is 13.8. The minimum Gasteiger partial charge on any atom is -0.372 e. The van der Waals surface area contributed by atoms with Gasteiger partial charge in [0.15, 0.2) is 0 Å². The van der Waals surface area contributed by atoms with Crippen LogP contribution in [0.2, 0.25) is 0 Å². The minimum absolute atomic E-state index is 0.0456. The summed E-state index contributed by atoms with van der Waals surface area (Å²) in [6.07, 6.45) is -0.285. The molecule has 0 N–H and O–H groups in total. The fourth-order valence-corrected chi connectivity index (χ4v) is 3.23. The highest BCUT2D eigenvalue weighted by molar-refractivity contribution is 6.24. The van der Waals surface area contributed by atoms with E-state index >= 15 is 0 Å². The number of fused-ring (bicyclic) bond motifs is 1. The average molecular weight is 347 g/mol. The molecule has 0 saturated carbocycles. The van der Waals surface area contributed by atoms with E-state index in [0.29, 0.717) is 13.1 Å². The zero-order chi connectivity index (χ0) is 18.3. The van der Waals surface area contributed by atoms with Gasteiger partial charge in [-0.15, -0.1) is 0 Å². The Labute approximate surface area is 143 Å². The quantitative estimate of drug-likeness (QED) is 0.455. The van der Waals surface area contributed by atoms with Gasteiger partial charge in [-0.25, -0.2) is 0 Å². The van der Waals surface area contributed by atoms with Gasteiger partial charge >= 0.3 is 0 Å². The molecule has 132 valence electrons. The molecule has 1 saturated heterocycles. The van der Waals surface area contributed by atoms with Crippen molar-refractivity contribution in [2.45, 2.75) is 26.1 Å². The predicted octanol–water partition coefficient (Wildman–Crippen LogP) is 0.827. The van der Waals surface area contributed by atoms with E-state index in [9.17, 15) is 24.5 Å². The molecule has 9 nitrogen and oxygen atoms in total. The second-order valence-electron chi connectivity index (χ2n) is 6.21. The highest BCUT2D eigenvalue weighted by atomic mass is 16.6. The number of ether oxygens (including phenoxy) is 1. The third-order valence-corrected chi connectivity index (χ3v) is 4.24. The normalized spacial score (nSPS) is 23.0. The fraction of sp³-hybridized carbons (Fsp3) is 0.438. The summed E-state index contributed by atoms with van der Waals surface area (Å²) in [5.74, 6) is -1.89. The number of imide groups is 1. The maximum atomic E-state index is 12.5. The number of rotatable bonds is 3. The van der Waals surface area contributed by atoms with E-state index in [2.05, 4.69) is 0 Å². The molecular formula is C16H17N3O6. The average Bonchev–Trinajstić information content (AvgIpc) is 2.79. The van der Waals surface area contributed by atoms with Crippen LogP contribution in [0.15, 0.2) is 18.2 Å². The van der Waals surface area contributed by atoms with Gasteiger partial charge in [0.05, 0.1) is 22.7 Å². The van der Waals surface area contributed by atoms with Gasteiger partial charge in [0, 0.05) is 19.2 Å². The van der Waals surface area contributed by atoms with Gasteiger partial charge in [-0.3, -0.25) is 29.4 Å². The van der Waals surface area contributed by atoms with E-state index in [1.807, 2.05) is 13.8 Å². The van der Waals surface area contributed by atoms with Crippen LogP contribution in [0.3, 0.4) is 0 Å². The first-order chi connectivity index (χ1) is 11.8. The molecule has 0 spiro atoms. The molecule has 2 aliphatic rings. The van der Waals surface area contributed by atoms with Crippen LogP contribution in [-0.2, 0) is 9.53 Å². The number of nitro groups is 1. The largest absolute Gasteiger partial charge is 0.372 e. The minimum atomic E-state index is -0.810. The lowest BCUT2D eigenvalue weighted by Gasteiger charge is -2.35. The number of hydrogen-bond acceptors (Lipinski definition) is 6. The summed E-state index contributed by atoms with van der Waals surface area (Å²) in [6, 6.07) is 3.87. The SMILES string of the molecule is C[C@H]1CN(C(=O)CN2C(=O)c3cccc([N+](=O)[O-])c3C2=O)C[C@H](C)O1. The van der Waals surface area contributed by atoms with Crippen LogP contribution in [0.5, 0.6) is 0 Å². The summed E-state index contributed by atoms with van der Waals surface area (Å²) >= 11 is 0. The monoisotopic (exact) mass is 347 g/mol. The van der Waals surface area contributed by atoms with E-state index in [1.165, 1.54) is 23.1 Å². The van der Waals surface area contributed by atoms with Crippen LogP contribution in [0, 0.1) is 10.1 Å². The molecule has 0 unspecified atom stereocenters. The molecule has 25 heavy (non-hydrogen) atoms. The Hall–Kier alpha value is -2.81. The number of benzene rings is 1. The van der Waals surface area contributed by atoms with Crippen LogP contribution < -0.4 is 0 Å². The topological polar surface area (TPSA) is 110 Å². The molecule has 0 aromatic heterocycles. The van der Waals surface area contributed by atoms with Crippen molar-refractivity contribution in [2.24, 2.45) is 0 Å². The van der Waals surface area contributed by atoms with Crippen LogP contribution in [0.1, 0.15) is 34.6 Å². The summed E-state index contributed by atoms with van der Waals surface area (Å²) in [5.41, 5.74) is -0.732. The molecular weight excluding hydrogens is 330 g/mol. The van der Waals surface area contributed by atoms with Crippen molar-refractivity contribution >= 4 is 23.4 Å². The lowest BCUT2D eigenvalue weighted by atomic mass is 10.1. The van der Waals surface area contributed by atoms with Gasteiger partial charge in [0.2, 0.25) is 5.91 Å². The van der Waals surface area contributed by atoms with Crippen LogP contribution in [0.4, 0.5) is 5.69 Å². The van der Waals surface area contributed by atoms with Crippen molar-refractivity contribution in [3.05, 3.63) is 39.4 Å². The summed E-state index contributed by atoms with van der Waals surface area (Å²) in [4.78, 5) is 50.1. The summed E-state index contributed by atoms with van der Waals surface area (Å²) in [6.45, 7) is 3.96. The molecule has 3 amide bonds. The van der Waals surface area contributed by atoms with Gasteiger partial charge in [0.25, 0.3) is 17.5 Å². The molecule has 1 aromatic carbocycles. The van der Waals surface area contributed by atoms with E-state index < -0.39 is 29.0 Å². The van der Waals surface area contributed by atoms with Gasteiger partial charge in [-0.2, -0.15) is 0 Å². The van der Waals surface area contributed by atoms with Crippen molar-refractivity contribution in [3.8, 4) is 0 Å². The highest BCUT2D eigenvalue weighted by Gasteiger charge is 2.42. The fourth-order valence-electron chi connectivity index (χ4n) is 3.23. The predicted molar refractivity (Wildman–Crippen MR) is 85.1 cm³/mol. The molecule has 0 radical (unpaired) electrons. The Balaban J connectivity index is 1.82. The second-order valence-corrected chi connectivity index (χ2v) is 6.21. The zero-order valence-corrected chi connectivity index (χ0v) is 13.8. The first-order valence-electron chi connectivity index (χ1n) is 7.86. The number of hydrogen-bond donors (Lipinski definition) is 0. The van der Waals surface area contributed by atoms with Gasteiger partial charge < -0.3 is 9.64 Å².